The minimum absolute atomic E-state index is 0.0407. The number of hydrogen-bond acceptors (Lipinski definition) is 4. The van der Waals surface area contributed by atoms with Crippen molar-refractivity contribution >= 4 is 17.4 Å². The van der Waals surface area contributed by atoms with Crippen LogP contribution in [0.25, 0.3) is 5.82 Å². The number of urea groups is 1. The number of anilines is 2. The van der Waals surface area contributed by atoms with Gasteiger partial charge >= 0.3 is 6.03 Å². The lowest BCUT2D eigenvalue weighted by Crippen LogP contribution is -2.20. The van der Waals surface area contributed by atoms with Gasteiger partial charge in [-0.05, 0) is 46.7 Å². The molecule has 0 saturated heterocycles. The number of nitrogens with zero attached hydrogens (tertiary/aromatic N) is 3. The normalized spacial score (nSPS) is 11.7. The van der Waals surface area contributed by atoms with Crippen LogP contribution in [0.1, 0.15) is 52.7 Å². The molecule has 0 saturated carbocycles. The molecule has 2 amide bonds. The maximum Gasteiger partial charge on any atom is 0.323 e. The van der Waals surface area contributed by atoms with Gasteiger partial charge in [-0.25, -0.2) is 9.78 Å². The van der Waals surface area contributed by atoms with Crippen LogP contribution in [-0.4, -0.2) is 20.6 Å². The Morgan fingerprint density at radius 1 is 0.861 bits per heavy atom. The SMILES string of the molecule is CC(C)(C)c1ccc(NC(=O)Nc2ccc(-n3ccnc3)nc2Oc2ccccc2C(C)(C)C)cc1. The van der Waals surface area contributed by atoms with E-state index in [9.17, 15) is 4.79 Å². The second-order valence-corrected chi connectivity index (χ2v) is 10.7. The Balaban J connectivity index is 1.61. The molecule has 7 heteroatoms. The lowest BCUT2D eigenvalue weighted by molar-refractivity contribution is 0.262. The molecule has 0 radical (unpaired) electrons. The van der Waals surface area contributed by atoms with Crippen molar-refractivity contribution in [1.82, 2.24) is 14.5 Å². The summed E-state index contributed by atoms with van der Waals surface area (Å²) in [5.74, 6) is 1.59. The summed E-state index contributed by atoms with van der Waals surface area (Å²) in [4.78, 5) is 21.7. The summed E-state index contributed by atoms with van der Waals surface area (Å²) in [6.07, 6.45) is 5.15. The van der Waals surface area contributed by atoms with Gasteiger partial charge in [0.25, 0.3) is 0 Å². The van der Waals surface area contributed by atoms with Crippen molar-refractivity contribution in [3.8, 4) is 17.4 Å². The van der Waals surface area contributed by atoms with E-state index in [4.69, 9.17) is 9.72 Å². The summed E-state index contributed by atoms with van der Waals surface area (Å²) in [6, 6.07) is 18.9. The molecular formula is C29H33N5O2. The summed E-state index contributed by atoms with van der Waals surface area (Å²) >= 11 is 0. The lowest BCUT2D eigenvalue weighted by Gasteiger charge is -2.23. The number of pyridine rings is 1. The van der Waals surface area contributed by atoms with Gasteiger partial charge in [-0.3, -0.25) is 4.57 Å². The molecule has 0 aliphatic carbocycles. The van der Waals surface area contributed by atoms with Crippen molar-refractivity contribution in [3.05, 3.63) is 90.5 Å². The van der Waals surface area contributed by atoms with Crippen LogP contribution in [0.3, 0.4) is 0 Å². The fraction of sp³-hybridized carbons (Fsp3) is 0.276. The van der Waals surface area contributed by atoms with E-state index in [2.05, 4.69) is 57.2 Å². The van der Waals surface area contributed by atoms with Crippen LogP contribution in [0.15, 0.2) is 79.4 Å². The molecule has 0 aliphatic rings. The van der Waals surface area contributed by atoms with Crippen LogP contribution in [-0.2, 0) is 10.8 Å². The Hall–Kier alpha value is -4.13. The van der Waals surface area contributed by atoms with Crippen LogP contribution in [0.2, 0.25) is 0 Å². The third-order valence-corrected chi connectivity index (χ3v) is 5.77. The highest BCUT2D eigenvalue weighted by molar-refractivity contribution is 6.00. The van der Waals surface area contributed by atoms with Gasteiger partial charge in [0.15, 0.2) is 0 Å². The molecule has 2 aromatic carbocycles. The standard InChI is InChI=1S/C29H33N5O2/c1-28(2,3)20-11-13-21(14-12-20)31-27(35)32-23-15-16-25(34-18-17-30-19-34)33-26(23)36-24-10-8-7-9-22(24)29(4,5)6/h7-19H,1-6H3,(H2,31,32,35). The lowest BCUT2D eigenvalue weighted by atomic mass is 9.86. The third kappa shape index (κ3) is 5.92. The number of hydrogen-bond donors (Lipinski definition) is 2. The quantitative estimate of drug-likeness (QED) is 0.312. The number of amides is 2. The molecule has 0 bridgehead atoms. The topological polar surface area (TPSA) is 81.1 Å². The molecule has 4 aromatic rings. The first-order valence-corrected chi connectivity index (χ1v) is 12.0. The van der Waals surface area contributed by atoms with Crippen molar-refractivity contribution in [3.63, 3.8) is 0 Å². The van der Waals surface area contributed by atoms with E-state index >= 15 is 0 Å². The van der Waals surface area contributed by atoms with Crippen molar-refractivity contribution < 1.29 is 9.53 Å². The van der Waals surface area contributed by atoms with Crippen molar-refractivity contribution in [2.24, 2.45) is 0 Å². The predicted octanol–water partition coefficient (Wildman–Crippen LogP) is 7.30. The average Bonchev–Trinajstić information content (AvgIpc) is 3.35. The molecule has 2 N–H and O–H groups in total. The Morgan fingerprint density at radius 3 is 2.22 bits per heavy atom. The molecule has 0 atom stereocenters. The molecule has 0 fully saturated rings. The van der Waals surface area contributed by atoms with Crippen LogP contribution < -0.4 is 15.4 Å². The number of carbonyl (C=O) groups is 1. The third-order valence-electron chi connectivity index (χ3n) is 5.77. The van der Waals surface area contributed by atoms with E-state index in [1.54, 1.807) is 35.4 Å². The molecule has 0 unspecified atom stereocenters. The predicted molar refractivity (Wildman–Crippen MR) is 144 cm³/mol. The zero-order valence-corrected chi connectivity index (χ0v) is 21.7. The number of ether oxygens (including phenoxy) is 1. The maximum atomic E-state index is 12.9. The van der Waals surface area contributed by atoms with Crippen molar-refractivity contribution in [2.45, 2.75) is 52.4 Å². The van der Waals surface area contributed by atoms with Gasteiger partial charge in [0.2, 0.25) is 5.88 Å². The fourth-order valence-electron chi connectivity index (χ4n) is 3.76. The number of para-hydroxylation sites is 1. The Morgan fingerprint density at radius 2 is 1.58 bits per heavy atom. The van der Waals surface area contributed by atoms with Crippen molar-refractivity contribution in [1.29, 1.82) is 0 Å². The molecule has 0 spiro atoms. The number of nitrogens with one attached hydrogen (secondary N) is 2. The van der Waals surface area contributed by atoms with E-state index < -0.39 is 0 Å². The number of carbonyl (C=O) groups excluding carboxylic acids is 1. The summed E-state index contributed by atoms with van der Waals surface area (Å²) in [5.41, 5.74) is 3.28. The van der Waals surface area contributed by atoms with E-state index in [0.717, 1.165) is 5.56 Å². The smallest absolute Gasteiger partial charge is 0.323 e. The highest BCUT2D eigenvalue weighted by atomic mass is 16.5. The van der Waals surface area contributed by atoms with Crippen LogP contribution >= 0.6 is 0 Å². The van der Waals surface area contributed by atoms with E-state index in [1.807, 2.05) is 48.5 Å². The first-order valence-electron chi connectivity index (χ1n) is 12.0. The first kappa shape index (κ1) is 25.0. The number of benzene rings is 2. The summed E-state index contributed by atoms with van der Waals surface area (Å²) in [5, 5.41) is 5.78. The fourth-order valence-corrected chi connectivity index (χ4v) is 3.76. The van der Waals surface area contributed by atoms with E-state index in [1.165, 1.54) is 5.56 Å². The summed E-state index contributed by atoms with van der Waals surface area (Å²) in [7, 11) is 0. The number of rotatable bonds is 5. The minimum atomic E-state index is -0.385. The van der Waals surface area contributed by atoms with Crippen LogP contribution in [0.5, 0.6) is 11.6 Å². The monoisotopic (exact) mass is 483 g/mol. The molecule has 4 rings (SSSR count). The van der Waals surface area contributed by atoms with Crippen molar-refractivity contribution in [2.75, 3.05) is 10.6 Å². The molecular weight excluding hydrogens is 450 g/mol. The maximum absolute atomic E-state index is 12.9. The Bertz CT molecular complexity index is 1330. The van der Waals surface area contributed by atoms with Gasteiger partial charge < -0.3 is 15.4 Å². The van der Waals surface area contributed by atoms with Gasteiger partial charge in [0.1, 0.15) is 23.6 Å². The zero-order valence-electron chi connectivity index (χ0n) is 21.7. The molecule has 2 heterocycles. The van der Waals surface area contributed by atoms with Gasteiger partial charge in [0, 0.05) is 23.6 Å². The zero-order chi connectivity index (χ0) is 25.9. The van der Waals surface area contributed by atoms with E-state index in [-0.39, 0.29) is 22.7 Å². The highest BCUT2D eigenvalue weighted by Gasteiger charge is 2.21. The van der Waals surface area contributed by atoms with E-state index in [0.29, 0.717) is 22.9 Å². The minimum Gasteiger partial charge on any atom is -0.437 e. The molecule has 7 nitrogen and oxygen atoms in total. The van der Waals surface area contributed by atoms with Gasteiger partial charge in [0.05, 0.1) is 0 Å². The van der Waals surface area contributed by atoms with Crippen LogP contribution in [0, 0.1) is 0 Å². The van der Waals surface area contributed by atoms with Gasteiger partial charge in [-0.15, -0.1) is 0 Å². The Kier molecular flexibility index (Phi) is 6.84. The molecule has 186 valence electrons. The molecule has 2 aromatic heterocycles. The highest BCUT2D eigenvalue weighted by Crippen LogP contribution is 2.36. The van der Waals surface area contributed by atoms with Gasteiger partial charge in [-0.1, -0.05) is 71.9 Å². The summed E-state index contributed by atoms with van der Waals surface area (Å²) in [6.45, 7) is 12.8. The number of aromatic nitrogens is 3. The number of imidazole rings is 1. The largest absolute Gasteiger partial charge is 0.437 e. The summed E-state index contributed by atoms with van der Waals surface area (Å²) < 4.78 is 8.10. The second-order valence-electron chi connectivity index (χ2n) is 10.7. The average molecular weight is 484 g/mol. The first-order chi connectivity index (χ1) is 17.0. The van der Waals surface area contributed by atoms with Gasteiger partial charge in [-0.2, -0.15) is 4.98 Å². The molecule has 0 aliphatic heterocycles. The second kappa shape index (κ2) is 9.85. The Labute approximate surface area is 212 Å². The van der Waals surface area contributed by atoms with Crippen LogP contribution in [0.4, 0.5) is 16.2 Å². The molecule has 36 heavy (non-hydrogen) atoms.